The van der Waals surface area contributed by atoms with E-state index in [-0.39, 0.29) is 24.7 Å². The molecular formula is C17H26N2O2. The maximum absolute atomic E-state index is 12.5. The number of aliphatic hydroxyl groups is 1. The van der Waals surface area contributed by atoms with Gasteiger partial charge in [0.1, 0.15) is 0 Å². The highest BCUT2D eigenvalue weighted by atomic mass is 16.3. The first-order valence-electron chi connectivity index (χ1n) is 7.84. The fourth-order valence-corrected chi connectivity index (χ4v) is 3.04. The predicted molar refractivity (Wildman–Crippen MR) is 84.0 cm³/mol. The van der Waals surface area contributed by atoms with Crippen LogP contribution < -0.4 is 5.32 Å². The van der Waals surface area contributed by atoms with Crippen molar-refractivity contribution >= 4 is 6.03 Å². The molecule has 0 saturated carbocycles. The van der Waals surface area contributed by atoms with E-state index in [1.54, 1.807) is 0 Å². The number of carbonyl (C=O) groups is 1. The summed E-state index contributed by atoms with van der Waals surface area (Å²) < 4.78 is 0. The van der Waals surface area contributed by atoms with Crippen molar-refractivity contribution in [2.45, 2.75) is 45.2 Å². The molecule has 1 heterocycles. The van der Waals surface area contributed by atoms with E-state index in [2.05, 4.69) is 31.3 Å². The van der Waals surface area contributed by atoms with Crippen LogP contribution in [-0.4, -0.2) is 35.2 Å². The average Bonchev–Trinajstić information content (AvgIpc) is 2.96. The predicted octanol–water partition coefficient (Wildman–Crippen LogP) is 2.94. The third-order valence-corrected chi connectivity index (χ3v) is 4.00. The van der Waals surface area contributed by atoms with Gasteiger partial charge in [-0.2, -0.15) is 0 Å². The fourth-order valence-electron chi connectivity index (χ4n) is 3.04. The van der Waals surface area contributed by atoms with Crippen molar-refractivity contribution in [1.82, 2.24) is 10.2 Å². The Balaban J connectivity index is 2.00. The van der Waals surface area contributed by atoms with Crippen LogP contribution in [0.5, 0.6) is 0 Å². The SMILES string of the molecule is CC(C)C[C@@H](CO)NC(=O)N1CCCC1c1ccccc1. The number of rotatable bonds is 5. The molecule has 1 aliphatic rings. The van der Waals surface area contributed by atoms with Gasteiger partial charge in [0, 0.05) is 6.54 Å². The van der Waals surface area contributed by atoms with Crippen molar-refractivity contribution in [2.75, 3.05) is 13.2 Å². The Morgan fingerprint density at radius 2 is 2.10 bits per heavy atom. The summed E-state index contributed by atoms with van der Waals surface area (Å²) in [5.41, 5.74) is 1.19. The number of carbonyl (C=O) groups excluding carboxylic acids is 1. The zero-order valence-corrected chi connectivity index (χ0v) is 13.0. The minimum Gasteiger partial charge on any atom is -0.394 e. The number of benzene rings is 1. The van der Waals surface area contributed by atoms with Crippen LogP contribution in [0.2, 0.25) is 0 Å². The Bertz CT molecular complexity index is 447. The Kier molecular flexibility index (Phi) is 5.62. The van der Waals surface area contributed by atoms with E-state index in [0.717, 1.165) is 25.8 Å². The van der Waals surface area contributed by atoms with E-state index in [0.29, 0.717) is 5.92 Å². The van der Waals surface area contributed by atoms with Crippen LogP contribution in [0.4, 0.5) is 4.79 Å². The lowest BCUT2D eigenvalue weighted by Gasteiger charge is -2.28. The number of hydrogen-bond acceptors (Lipinski definition) is 2. The molecule has 0 spiro atoms. The van der Waals surface area contributed by atoms with E-state index < -0.39 is 0 Å². The molecule has 4 nitrogen and oxygen atoms in total. The largest absolute Gasteiger partial charge is 0.394 e. The van der Waals surface area contributed by atoms with Gasteiger partial charge in [-0.25, -0.2) is 4.79 Å². The second kappa shape index (κ2) is 7.46. The first kappa shape index (κ1) is 15.8. The Morgan fingerprint density at radius 3 is 2.71 bits per heavy atom. The van der Waals surface area contributed by atoms with Gasteiger partial charge in [-0.1, -0.05) is 44.2 Å². The second-order valence-corrected chi connectivity index (χ2v) is 6.22. The Hall–Kier alpha value is -1.55. The van der Waals surface area contributed by atoms with Crippen LogP contribution in [0.3, 0.4) is 0 Å². The van der Waals surface area contributed by atoms with E-state index in [1.165, 1.54) is 5.56 Å². The van der Waals surface area contributed by atoms with Gasteiger partial charge in [0.2, 0.25) is 0 Å². The van der Waals surface area contributed by atoms with Crippen molar-refractivity contribution in [3.63, 3.8) is 0 Å². The summed E-state index contributed by atoms with van der Waals surface area (Å²) >= 11 is 0. The summed E-state index contributed by atoms with van der Waals surface area (Å²) in [6.45, 7) is 4.97. The number of urea groups is 1. The molecule has 116 valence electrons. The highest BCUT2D eigenvalue weighted by molar-refractivity contribution is 5.75. The first-order chi connectivity index (χ1) is 10.1. The average molecular weight is 290 g/mol. The summed E-state index contributed by atoms with van der Waals surface area (Å²) in [5, 5.41) is 12.4. The fraction of sp³-hybridized carbons (Fsp3) is 0.588. The number of amides is 2. The molecule has 21 heavy (non-hydrogen) atoms. The molecule has 1 aromatic rings. The standard InChI is InChI=1S/C17H26N2O2/c1-13(2)11-15(12-20)18-17(21)19-10-6-9-16(19)14-7-4-3-5-8-14/h3-5,7-8,13,15-16,20H,6,9-12H2,1-2H3,(H,18,21)/t15-,16?/m0/s1. The second-order valence-electron chi connectivity index (χ2n) is 6.22. The molecule has 1 aliphatic heterocycles. The number of hydrogen-bond donors (Lipinski definition) is 2. The summed E-state index contributed by atoms with van der Waals surface area (Å²) in [6.07, 6.45) is 2.83. The van der Waals surface area contributed by atoms with Crippen LogP contribution in [0.15, 0.2) is 30.3 Å². The molecule has 1 unspecified atom stereocenters. The smallest absolute Gasteiger partial charge is 0.318 e. The highest BCUT2D eigenvalue weighted by Crippen LogP contribution is 2.31. The third kappa shape index (κ3) is 4.21. The summed E-state index contributed by atoms with van der Waals surface area (Å²) in [7, 11) is 0. The number of aliphatic hydroxyl groups excluding tert-OH is 1. The zero-order chi connectivity index (χ0) is 15.2. The Labute approximate surface area is 127 Å². The van der Waals surface area contributed by atoms with Gasteiger partial charge < -0.3 is 15.3 Å². The third-order valence-electron chi connectivity index (χ3n) is 4.00. The van der Waals surface area contributed by atoms with Crippen LogP contribution >= 0.6 is 0 Å². The van der Waals surface area contributed by atoms with Crippen LogP contribution in [0.25, 0.3) is 0 Å². The minimum absolute atomic E-state index is 0.00619. The van der Waals surface area contributed by atoms with E-state index in [1.807, 2.05) is 23.1 Å². The number of likely N-dealkylation sites (tertiary alicyclic amines) is 1. The maximum Gasteiger partial charge on any atom is 0.318 e. The maximum atomic E-state index is 12.5. The lowest BCUT2D eigenvalue weighted by Crippen LogP contribution is -2.46. The number of nitrogens with one attached hydrogen (secondary N) is 1. The van der Waals surface area contributed by atoms with Crippen LogP contribution in [-0.2, 0) is 0 Å². The van der Waals surface area contributed by atoms with Crippen molar-refractivity contribution in [3.05, 3.63) is 35.9 Å². The van der Waals surface area contributed by atoms with Gasteiger partial charge in [0.25, 0.3) is 0 Å². The van der Waals surface area contributed by atoms with Crippen LogP contribution in [0.1, 0.15) is 44.7 Å². The van der Waals surface area contributed by atoms with Gasteiger partial charge in [-0.15, -0.1) is 0 Å². The van der Waals surface area contributed by atoms with E-state index in [9.17, 15) is 9.90 Å². The molecule has 2 atom stereocenters. The minimum atomic E-state index is -0.158. The van der Waals surface area contributed by atoms with E-state index in [4.69, 9.17) is 0 Å². The molecule has 2 N–H and O–H groups in total. The first-order valence-corrected chi connectivity index (χ1v) is 7.84. The summed E-state index contributed by atoms with van der Waals surface area (Å²) in [6, 6.07) is 10.1. The molecule has 4 heteroatoms. The van der Waals surface area contributed by atoms with Crippen molar-refractivity contribution in [2.24, 2.45) is 5.92 Å². The van der Waals surface area contributed by atoms with E-state index >= 15 is 0 Å². The molecule has 2 rings (SSSR count). The molecule has 1 aromatic carbocycles. The molecule has 0 radical (unpaired) electrons. The molecule has 0 aromatic heterocycles. The molecule has 2 amide bonds. The van der Waals surface area contributed by atoms with Crippen molar-refractivity contribution < 1.29 is 9.90 Å². The van der Waals surface area contributed by atoms with Crippen LogP contribution in [0, 0.1) is 5.92 Å². The normalized spacial score (nSPS) is 19.8. The lowest BCUT2D eigenvalue weighted by atomic mass is 10.0. The zero-order valence-electron chi connectivity index (χ0n) is 13.0. The highest BCUT2D eigenvalue weighted by Gasteiger charge is 2.30. The van der Waals surface area contributed by atoms with Gasteiger partial charge in [-0.05, 0) is 30.7 Å². The summed E-state index contributed by atoms with van der Waals surface area (Å²) in [5.74, 6) is 0.450. The van der Waals surface area contributed by atoms with Gasteiger partial charge in [0.15, 0.2) is 0 Å². The quantitative estimate of drug-likeness (QED) is 0.876. The monoisotopic (exact) mass is 290 g/mol. The molecule has 0 bridgehead atoms. The van der Waals surface area contributed by atoms with Gasteiger partial charge in [-0.3, -0.25) is 0 Å². The van der Waals surface area contributed by atoms with Crippen molar-refractivity contribution in [3.8, 4) is 0 Å². The summed E-state index contributed by atoms with van der Waals surface area (Å²) in [4.78, 5) is 14.4. The lowest BCUT2D eigenvalue weighted by molar-refractivity contribution is 0.172. The molecule has 0 aliphatic carbocycles. The van der Waals surface area contributed by atoms with Gasteiger partial charge in [0.05, 0.1) is 18.7 Å². The number of nitrogens with zero attached hydrogens (tertiary/aromatic N) is 1. The molecular weight excluding hydrogens is 264 g/mol. The Morgan fingerprint density at radius 1 is 1.38 bits per heavy atom. The van der Waals surface area contributed by atoms with Crippen molar-refractivity contribution in [1.29, 1.82) is 0 Å². The van der Waals surface area contributed by atoms with Gasteiger partial charge >= 0.3 is 6.03 Å². The molecule has 1 saturated heterocycles. The molecule has 1 fully saturated rings. The topological polar surface area (TPSA) is 52.6 Å².